The number of H-pyrrole nitrogens is 1. The van der Waals surface area contributed by atoms with Gasteiger partial charge in [0.1, 0.15) is 5.75 Å². The van der Waals surface area contributed by atoms with Gasteiger partial charge in [-0.1, -0.05) is 18.2 Å². The third-order valence-corrected chi connectivity index (χ3v) is 5.34. The van der Waals surface area contributed by atoms with Gasteiger partial charge in [-0.2, -0.15) is 0 Å². The van der Waals surface area contributed by atoms with Crippen molar-refractivity contribution < 1.29 is 19.4 Å². The monoisotopic (exact) mass is 404 g/mol. The van der Waals surface area contributed by atoms with Crippen LogP contribution in [0.2, 0.25) is 0 Å². The normalized spacial score (nSPS) is 12.3. The largest absolute Gasteiger partial charge is 0.494 e. The molecular weight excluding hydrogens is 380 g/mol. The average molecular weight is 404 g/mol. The van der Waals surface area contributed by atoms with E-state index >= 15 is 0 Å². The SMILES string of the molecule is COC(Cc1ccc(OCCCc2c3[nH]cccc-3c3ccncc23)cc1)C(=O)O. The van der Waals surface area contributed by atoms with Gasteiger partial charge in [-0.05, 0) is 53.6 Å². The van der Waals surface area contributed by atoms with Gasteiger partial charge in [0.2, 0.25) is 0 Å². The molecule has 2 aliphatic rings. The van der Waals surface area contributed by atoms with Crippen LogP contribution < -0.4 is 4.74 Å². The highest BCUT2D eigenvalue weighted by Gasteiger charge is 2.18. The highest BCUT2D eigenvalue weighted by Crippen LogP contribution is 2.37. The van der Waals surface area contributed by atoms with Crippen LogP contribution in [0.25, 0.3) is 22.0 Å². The van der Waals surface area contributed by atoms with Crippen molar-refractivity contribution in [3.8, 4) is 17.0 Å². The van der Waals surface area contributed by atoms with Crippen LogP contribution in [0.5, 0.6) is 5.75 Å². The van der Waals surface area contributed by atoms with Crippen molar-refractivity contribution in [3.05, 3.63) is 72.2 Å². The summed E-state index contributed by atoms with van der Waals surface area (Å²) >= 11 is 0. The Kier molecular flexibility index (Phi) is 5.95. The fraction of sp³-hybridized carbons (Fsp3) is 0.250. The van der Waals surface area contributed by atoms with E-state index in [0.29, 0.717) is 13.0 Å². The van der Waals surface area contributed by atoms with E-state index in [1.165, 1.54) is 29.0 Å². The zero-order valence-corrected chi connectivity index (χ0v) is 16.8. The molecule has 2 aromatic rings. The number of carbonyl (C=O) groups is 1. The number of methoxy groups -OCH3 is 1. The van der Waals surface area contributed by atoms with Crippen molar-refractivity contribution in [1.82, 2.24) is 9.97 Å². The van der Waals surface area contributed by atoms with Gasteiger partial charge in [0.25, 0.3) is 0 Å². The van der Waals surface area contributed by atoms with Crippen molar-refractivity contribution in [3.63, 3.8) is 0 Å². The second-order valence-electron chi connectivity index (χ2n) is 7.22. The molecule has 1 aromatic heterocycles. The number of aryl methyl sites for hydroxylation is 1. The van der Waals surface area contributed by atoms with Gasteiger partial charge < -0.3 is 19.6 Å². The molecule has 0 radical (unpaired) electrons. The molecule has 1 unspecified atom stereocenters. The number of hydrogen-bond donors (Lipinski definition) is 2. The molecule has 2 N–H and O–H groups in total. The number of carboxylic acid groups (broad SMARTS) is 1. The van der Waals surface area contributed by atoms with E-state index in [2.05, 4.69) is 22.1 Å². The fourth-order valence-electron chi connectivity index (χ4n) is 3.82. The first-order valence-electron chi connectivity index (χ1n) is 9.96. The average Bonchev–Trinajstić information content (AvgIpc) is 3.09. The first-order valence-corrected chi connectivity index (χ1v) is 9.96. The van der Waals surface area contributed by atoms with Crippen molar-refractivity contribution in [2.24, 2.45) is 0 Å². The van der Waals surface area contributed by atoms with E-state index in [1.807, 2.05) is 48.9 Å². The molecule has 0 amide bonds. The second-order valence-corrected chi connectivity index (χ2v) is 7.22. The minimum absolute atomic E-state index is 0.327. The lowest BCUT2D eigenvalue weighted by molar-refractivity contribution is -0.148. The Labute approximate surface area is 174 Å². The molecule has 6 heteroatoms. The molecule has 6 nitrogen and oxygen atoms in total. The van der Waals surface area contributed by atoms with Gasteiger partial charge in [-0.25, -0.2) is 4.79 Å². The van der Waals surface area contributed by atoms with Crippen LogP contribution in [0.1, 0.15) is 17.5 Å². The highest BCUT2D eigenvalue weighted by atomic mass is 16.5. The minimum atomic E-state index is -0.960. The Hall–Kier alpha value is -3.38. The third kappa shape index (κ3) is 4.14. The summed E-state index contributed by atoms with van der Waals surface area (Å²) in [5.74, 6) is -0.189. The minimum Gasteiger partial charge on any atom is -0.494 e. The van der Waals surface area contributed by atoms with E-state index in [0.717, 1.165) is 29.8 Å². The Morgan fingerprint density at radius 1 is 1.17 bits per heavy atom. The Balaban J connectivity index is 1.36. The molecule has 0 bridgehead atoms. The van der Waals surface area contributed by atoms with Gasteiger partial charge in [0.05, 0.1) is 6.61 Å². The van der Waals surface area contributed by atoms with Crippen LogP contribution >= 0.6 is 0 Å². The van der Waals surface area contributed by atoms with Crippen molar-refractivity contribution in [2.75, 3.05) is 13.7 Å². The van der Waals surface area contributed by atoms with Crippen LogP contribution in [0.4, 0.5) is 0 Å². The maximum Gasteiger partial charge on any atom is 0.333 e. The zero-order valence-electron chi connectivity index (χ0n) is 16.8. The number of aliphatic carboxylic acids is 1. The maximum atomic E-state index is 11.1. The summed E-state index contributed by atoms with van der Waals surface area (Å²) in [5, 5.41) is 11.5. The number of aromatic amines is 1. The standard InChI is InChI=1S/C24H24N2O4/c1-29-22(24(27)28)14-16-6-8-17(9-7-16)30-13-3-5-20-21-15-25-12-10-18(21)19-4-2-11-26-23(19)20/h2,4,6-12,15,22,26H,3,5,13-14H2,1H3,(H,27,28). The molecule has 1 aliphatic carbocycles. The number of fused-ring (bicyclic) bond motifs is 3. The number of nitrogens with one attached hydrogen (secondary N) is 1. The molecule has 4 rings (SSSR count). The number of hydrogen-bond acceptors (Lipinski definition) is 4. The smallest absolute Gasteiger partial charge is 0.333 e. The summed E-state index contributed by atoms with van der Waals surface area (Å²) in [7, 11) is 1.41. The molecule has 2 heterocycles. The Morgan fingerprint density at radius 2 is 2.00 bits per heavy atom. The van der Waals surface area contributed by atoms with Gasteiger partial charge in [0.15, 0.2) is 6.10 Å². The summed E-state index contributed by atoms with van der Waals surface area (Å²) < 4.78 is 10.9. The van der Waals surface area contributed by atoms with Gasteiger partial charge in [-0.15, -0.1) is 0 Å². The first-order chi connectivity index (χ1) is 14.7. The lowest BCUT2D eigenvalue weighted by Crippen LogP contribution is -2.24. The number of ether oxygens (including phenoxy) is 2. The molecule has 1 atom stereocenters. The molecule has 1 aromatic carbocycles. The first kappa shape index (κ1) is 19.9. The van der Waals surface area contributed by atoms with Gasteiger partial charge in [0, 0.05) is 48.8 Å². The quantitative estimate of drug-likeness (QED) is 0.406. The van der Waals surface area contributed by atoms with Crippen LogP contribution in [-0.2, 0) is 22.4 Å². The van der Waals surface area contributed by atoms with E-state index in [4.69, 9.17) is 14.6 Å². The Bertz CT molecular complexity index is 1100. The molecule has 154 valence electrons. The number of benzene rings is 1. The van der Waals surface area contributed by atoms with Crippen LogP contribution in [0.3, 0.4) is 0 Å². The molecule has 0 spiro atoms. The van der Waals surface area contributed by atoms with Crippen LogP contribution in [-0.4, -0.2) is 40.9 Å². The molecule has 0 saturated heterocycles. The number of pyridine rings is 2. The predicted octanol–water partition coefficient (Wildman–Crippen LogP) is 4.32. The van der Waals surface area contributed by atoms with Gasteiger partial charge >= 0.3 is 5.97 Å². The zero-order chi connectivity index (χ0) is 20.9. The predicted molar refractivity (Wildman–Crippen MR) is 115 cm³/mol. The summed E-state index contributed by atoms with van der Waals surface area (Å²) in [6, 6.07) is 13.7. The summed E-state index contributed by atoms with van der Waals surface area (Å²) in [6.07, 6.45) is 6.97. The molecular formula is C24H24N2O4. The van der Waals surface area contributed by atoms with Gasteiger partial charge in [-0.3, -0.25) is 4.98 Å². The number of aromatic nitrogens is 2. The summed E-state index contributed by atoms with van der Waals surface area (Å²) in [5.41, 5.74) is 4.55. The molecule has 1 aliphatic heterocycles. The van der Waals surface area contributed by atoms with Crippen LogP contribution in [0, 0.1) is 0 Å². The second kappa shape index (κ2) is 8.97. The maximum absolute atomic E-state index is 11.1. The molecule has 0 fully saturated rings. The number of nitrogens with zero attached hydrogens (tertiary/aromatic N) is 1. The lowest BCUT2D eigenvalue weighted by atomic mass is 10.1. The Morgan fingerprint density at radius 3 is 2.77 bits per heavy atom. The van der Waals surface area contributed by atoms with Crippen molar-refractivity contribution >= 4 is 16.7 Å². The summed E-state index contributed by atoms with van der Waals surface area (Å²) in [6.45, 7) is 0.594. The highest BCUT2D eigenvalue weighted by molar-refractivity contribution is 6.04. The van der Waals surface area contributed by atoms with E-state index < -0.39 is 12.1 Å². The summed E-state index contributed by atoms with van der Waals surface area (Å²) in [4.78, 5) is 18.8. The third-order valence-electron chi connectivity index (χ3n) is 5.34. The fourth-order valence-corrected chi connectivity index (χ4v) is 3.82. The lowest BCUT2D eigenvalue weighted by Gasteiger charge is -2.11. The van der Waals surface area contributed by atoms with E-state index in [-0.39, 0.29) is 0 Å². The van der Waals surface area contributed by atoms with E-state index in [9.17, 15) is 4.79 Å². The van der Waals surface area contributed by atoms with Crippen molar-refractivity contribution in [2.45, 2.75) is 25.4 Å². The van der Waals surface area contributed by atoms with E-state index in [1.54, 1.807) is 0 Å². The number of carboxylic acids is 1. The number of rotatable bonds is 9. The topological polar surface area (TPSA) is 84.4 Å². The van der Waals surface area contributed by atoms with Crippen LogP contribution in [0.15, 0.2) is 61.1 Å². The molecule has 0 saturated carbocycles. The van der Waals surface area contributed by atoms with Crippen molar-refractivity contribution in [1.29, 1.82) is 0 Å². The molecule has 30 heavy (non-hydrogen) atoms.